The van der Waals surface area contributed by atoms with Crippen LogP contribution in [0.1, 0.15) is 61.9 Å². The van der Waals surface area contributed by atoms with E-state index >= 15 is 0 Å². The first-order valence-electron chi connectivity index (χ1n) is 12.3. The van der Waals surface area contributed by atoms with E-state index in [0.29, 0.717) is 5.15 Å². The van der Waals surface area contributed by atoms with Crippen molar-refractivity contribution in [2.24, 2.45) is 0 Å². The highest BCUT2D eigenvalue weighted by Crippen LogP contribution is 2.42. The van der Waals surface area contributed by atoms with Crippen molar-refractivity contribution in [1.29, 1.82) is 0 Å². The fourth-order valence-corrected chi connectivity index (χ4v) is 5.34. The van der Waals surface area contributed by atoms with Gasteiger partial charge in [-0.2, -0.15) is 0 Å². The Labute approximate surface area is 208 Å². The number of aryl methyl sites for hydroxylation is 1. The van der Waals surface area contributed by atoms with Crippen LogP contribution in [0, 0.1) is 6.92 Å². The lowest BCUT2D eigenvalue weighted by molar-refractivity contribution is 0.134. The largest absolute Gasteiger partial charge is 0.493 e. The second-order valence-corrected chi connectivity index (χ2v) is 9.42. The fraction of sp³-hybridized carbons (Fsp3) is 0.464. The van der Waals surface area contributed by atoms with Gasteiger partial charge in [-0.15, -0.1) is 0 Å². The van der Waals surface area contributed by atoms with Crippen molar-refractivity contribution in [1.82, 2.24) is 14.5 Å². The highest BCUT2D eigenvalue weighted by Gasteiger charge is 2.30. The van der Waals surface area contributed by atoms with E-state index in [1.165, 1.54) is 24.0 Å². The van der Waals surface area contributed by atoms with E-state index in [2.05, 4.69) is 59.7 Å². The second-order valence-electron chi connectivity index (χ2n) is 9.06. The van der Waals surface area contributed by atoms with Crippen molar-refractivity contribution in [2.75, 3.05) is 20.8 Å². The smallest absolute Gasteiger partial charge is 0.165 e. The molecular formula is C28H36ClN3O2. The zero-order chi connectivity index (χ0) is 24.1. The van der Waals surface area contributed by atoms with Crippen molar-refractivity contribution in [3.63, 3.8) is 0 Å². The third-order valence-electron chi connectivity index (χ3n) is 6.90. The van der Waals surface area contributed by atoms with Gasteiger partial charge in [0.15, 0.2) is 16.7 Å². The molecule has 0 aliphatic carbocycles. The SMILES string of the molecule is CCCCn1c(-c2ccccc2C)nc(Cl)c1CN1CCCCC1c1cccc(OC)c1OC. The van der Waals surface area contributed by atoms with Crippen molar-refractivity contribution in [2.45, 2.75) is 65.1 Å². The number of rotatable bonds is 9. The molecule has 1 aromatic heterocycles. The fourth-order valence-electron chi connectivity index (χ4n) is 5.09. The molecule has 1 unspecified atom stereocenters. The number of halogens is 1. The molecule has 0 radical (unpaired) electrons. The average Bonchev–Trinajstić information content (AvgIpc) is 3.17. The molecule has 1 aliphatic rings. The van der Waals surface area contributed by atoms with E-state index in [1.54, 1.807) is 14.2 Å². The number of para-hydroxylation sites is 1. The number of unbranched alkanes of at least 4 members (excludes halogenated alkanes) is 1. The highest BCUT2D eigenvalue weighted by molar-refractivity contribution is 6.30. The predicted octanol–water partition coefficient (Wildman–Crippen LogP) is 7.06. The zero-order valence-electron chi connectivity index (χ0n) is 20.8. The summed E-state index contributed by atoms with van der Waals surface area (Å²) in [6.07, 6.45) is 5.66. The summed E-state index contributed by atoms with van der Waals surface area (Å²) in [5, 5.41) is 0.608. The van der Waals surface area contributed by atoms with E-state index in [-0.39, 0.29) is 6.04 Å². The Hall–Kier alpha value is -2.50. The topological polar surface area (TPSA) is 39.5 Å². The maximum Gasteiger partial charge on any atom is 0.165 e. The molecule has 3 aromatic rings. The molecule has 2 aromatic carbocycles. The van der Waals surface area contributed by atoms with Crippen LogP contribution in [0.3, 0.4) is 0 Å². The standard InChI is InChI=1S/C28H36ClN3O2/c1-5-6-18-32-24(27(29)30-28(32)21-13-8-7-12-20(21)2)19-31-17-10-9-15-23(31)22-14-11-16-25(33-3)26(22)34-4/h7-8,11-14,16,23H,5-6,9-10,15,17-19H2,1-4H3. The van der Waals surface area contributed by atoms with Crippen LogP contribution >= 0.6 is 11.6 Å². The molecule has 6 heteroatoms. The molecule has 1 aliphatic heterocycles. The molecule has 0 bridgehead atoms. The number of hydrogen-bond donors (Lipinski definition) is 0. The van der Waals surface area contributed by atoms with Crippen LogP contribution in [0.15, 0.2) is 42.5 Å². The molecule has 0 spiro atoms. The predicted molar refractivity (Wildman–Crippen MR) is 139 cm³/mol. The molecule has 1 fully saturated rings. The first-order chi connectivity index (χ1) is 16.6. The van der Waals surface area contributed by atoms with Gasteiger partial charge in [0.2, 0.25) is 0 Å². The summed E-state index contributed by atoms with van der Waals surface area (Å²) in [6.45, 7) is 7.04. The Kier molecular flexibility index (Phi) is 8.17. The van der Waals surface area contributed by atoms with Gasteiger partial charge in [-0.25, -0.2) is 4.98 Å². The van der Waals surface area contributed by atoms with Crippen LogP contribution in [-0.4, -0.2) is 35.2 Å². The van der Waals surface area contributed by atoms with Gasteiger partial charge in [0.1, 0.15) is 5.82 Å². The minimum atomic E-state index is 0.242. The average molecular weight is 482 g/mol. The van der Waals surface area contributed by atoms with Gasteiger partial charge in [0.25, 0.3) is 0 Å². The molecule has 0 saturated carbocycles. The third-order valence-corrected chi connectivity index (χ3v) is 7.21. The summed E-state index contributed by atoms with van der Waals surface area (Å²) in [5.41, 5.74) is 4.64. The van der Waals surface area contributed by atoms with Crippen molar-refractivity contribution in [3.8, 4) is 22.9 Å². The molecule has 0 N–H and O–H groups in total. The number of aromatic nitrogens is 2. The first kappa shape index (κ1) is 24.6. The van der Waals surface area contributed by atoms with Crippen LogP contribution in [0.4, 0.5) is 0 Å². The lowest BCUT2D eigenvalue weighted by Gasteiger charge is -2.37. The molecule has 182 valence electrons. The van der Waals surface area contributed by atoms with Gasteiger partial charge in [0.05, 0.1) is 19.9 Å². The van der Waals surface area contributed by atoms with Gasteiger partial charge >= 0.3 is 0 Å². The summed E-state index contributed by atoms with van der Waals surface area (Å²) >= 11 is 6.85. The maximum atomic E-state index is 6.85. The summed E-state index contributed by atoms with van der Waals surface area (Å²) in [4.78, 5) is 7.41. The lowest BCUT2D eigenvalue weighted by atomic mass is 9.94. The minimum absolute atomic E-state index is 0.242. The van der Waals surface area contributed by atoms with Gasteiger partial charge in [-0.05, 0) is 44.4 Å². The number of hydrogen-bond acceptors (Lipinski definition) is 4. The Morgan fingerprint density at radius 1 is 1.06 bits per heavy atom. The molecule has 2 heterocycles. The normalized spacial score (nSPS) is 16.6. The van der Waals surface area contributed by atoms with Crippen LogP contribution < -0.4 is 9.47 Å². The highest BCUT2D eigenvalue weighted by atomic mass is 35.5. The molecule has 4 rings (SSSR count). The number of nitrogens with zero attached hydrogens (tertiary/aromatic N) is 3. The summed E-state index contributed by atoms with van der Waals surface area (Å²) in [5.74, 6) is 2.57. The number of methoxy groups -OCH3 is 2. The second kappa shape index (κ2) is 11.3. The Morgan fingerprint density at radius 3 is 2.62 bits per heavy atom. The number of ether oxygens (including phenoxy) is 2. The van der Waals surface area contributed by atoms with E-state index in [4.69, 9.17) is 26.1 Å². The maximum absolute atomic E-state index is 6.85. The molecule has 0 amide bonds. The summed E-state index contributed by atoms with van der Waals surface area (Å²) in [6, 6.07) is 14.8. The van der Waals surface area contributed by atoms with Crippen LogP contribution in [-0.2, 0) is 13.1 Å². The van der Waals surface area contributed by atoms with Gasteiger partial charge < -0.3 is 14.0 Å². The van der Waals surface area contributed by atoms with Crippen LogP contribution in [0.25, 0.3) is 11.4 Å². The Bertz CT molecular complexity index is 1110. The van der Waals surface area contributed by atoms with Gasteiger partial charge in [-0.3, -0.25) is 4.90 Å². The number of benzene rings is 2. The number of piperidine rings is 1. The molecule has 5 nitrogen and oxygen atoms in total. The van der Waals surface area contributed by atoms with Crippen molar-refractivity contribution >= 4 is 11.6 Å². The Morgan fingerprint density at radius 2 is 1.88 bits per heavy atom. The van der Waals surface area contributed by atoms with E-state index in [1.807, 2.05) is 6.07 Å². The quantitative estimate of drug-likeness (QED) is 0.328. The minimum Gasteiger partial charge on any atom is -0.493 e. The summed E-state index contributed by atoms with van der Waals surface area (Å²) in [7, 11) is 3.42. The number of imidazole rings is 1. The van der Waals surface area contributed by atoms with E-state index in [0.717, 1.165) is 67.5 Å². The van der Waals surface area contributed by atoms with Gasteiger partial charge in [0, 0.05) is 30.3 Å². The zero-order valence-corrected chi connectivity index (χ0v) is 21.6. The monoisotopic (exact) mass is 481 g/mol. The van der Waals surface area contributed by atoms with E-state index in [9.17, 15) is 0 Å². The van der Waals surface area contributed by atoms with Crippen LogP contribution in [0.2, 0.25) is 5.15 Å². The van der Waals surface area contributed by atoms with E-state index < -0.39 is 0 Å². The summed E-state index contributed by atoms with van der Waals surface area (Å²) < 4.78 is 13.7. The van der Waals surface area contributed by atoms with Crippen LogP contribution in [0.5, 0.6) is 11.5 Å². The first-order valence-corrected chi connectivity index (χ1v) is 12.7. The lowest BCUT2D eigenvalue weighted by Crippen LogP contribution is -2.34. The third kappa shape index (κ3) is 4.96. The van der Waals surface area contributed by atoms with Crippen molar-refractivity contribution in [3.05, 3.63) is 64.4 Å². The van der Waals surface area contributed by atoms with Crippen molar-refractivity contribution < 1.29 is 9.47 Å². The molecule has 1 saturated heterocycles. The molecular weight excluding hydrogens is 446 g/mol. The number of likely N-dealkylation sites (tertiary alicyclic amines) is 1. The van der Waals surface area contributed by atoms with Gasteiger partial charge in [-0.1, -0.05) is 67.8 Å². The Balaban J connectivity index is 1.73. The molecule has 34 heavy (non-hydrogen) atoms. The molecule has 1 atom stereocenters.